The number of carbonyl (C=O) groups is 2. The highest BCUT2D eigenvalue weighted by molar-refractivity contribution is 5.95. The van der Waals surface area contributed by atoms with Crippen LogP contribution in [0.3, 0.4) is 0 Å². The third-order valence-corrected chi connectivity index (χ3v) is 7.68. The van der Waals surface area contributed by atoms with Crippen molar-refractivity contribution in [3.63, 3.8) is 0 Å². The molecule has 1 amide bonds. The number of benzene rings is 1. The fourth-order valence-corrected chi connectivity index (χ4v) is 5.82. The maximum atomic E-state index is 12.6. The van der Waals surface area contributed by atoms with Gasteiger partial charge in [-0.2, -0.15) is 5.10 Å². The second kappa shape index (κ2) is 9.36. The van der Waals surface area contributed by atoms with Gasteiger partial charge in [-0.15, -0.1) is 0 Å². The third kappa shape index (κ3) is 4.28. The Morgan fingerprint density at radius 1 is 1.11 bits per heavy atom. The molecule has 2 aliphatic rings. The lowest BCUT2D eigenvalue weighted by Crippen LogP contribution is -2.42. The summed E-state index contributed by atoms with van der Waals surface area (Å²) in [5.74, 6) is 0.0438. The number of fused-ring (bicyclic) bond motifs is 3. The fourth-order valence-electron chi connectivity index (χ4n) is 5.82. The number of aromatic nitrogens is 4. The van der Waals surface area contributed by atoms with Gasteiger partial charge in [-0.1, -0.05) is 0 Å². The topological polar surface area (TPSA) is 102 Å². The number of carboxylic acid groups (broad SMARTS) is 1. The van der Waals surface area contributed by atoms with E-state index < -0.39 is 5.97 Å². The molecule has 1 N–H and O–H groups in total. The molecule has 1 saturated carbocycles. The van der Waals surface area contributed by atoms with Crippen LogP contribution in [0.1, 0.15) is 62.2 Å². The summed E-state index contributed by atoms with van der Waals surface area (Å²) in [6, 6.07) is 6.40. The number of aryl methyl sites for hydroxylation is 4. The van der Waals surface area contributed by atoms with Crippen LogP contribution >= 0.6 is 0 Å². The maximum Gasteiger partial charge on any atom is 0.414 e. The van der Waals surface area contributed by atoms with E-state index in [1.165, 1.54) is 7.11 Å². The Morgan fingerprint density at radius 2 is 1.89 bits per heavy atom. The van der Waals surface area contributed by atoms with Gasteiger partial charge in [0.1, 0.15) is 5.82 Å². The van der Waals surface area contributed by atoms with Crippen LogP contribution in [0.25, 0.3) is 11.0 Å². The van der Waals surface area contributed by atoms with Gasteiger partial charge in [0.25, 0.3) is 0 Å². The van der Waals surface area contributed by atoms with Crippen molar-refractivity contribution < 1.29 is 19.4 Å². The van der Waals surface area contributed by atoms with Gasteiger partial charge in [-0.05, 0) is 70.1 Å². The molecule has 35 heavy (non-hydrogen) atoms. The van der Waals surface area contributed by atoms with Gasteiger partial charge in [0, 0.05) is 37.3 Å². The van der Waals surface area contributed by atoms with Crippen LogP contribution < -0.4 is 4.90 Å². The number of aliphatic carboxylic acids is 1. The number of amides is 1. The normalized spacial score (nSPS) is 22.3. The molecular weight excluding hydrogens is 446 g/mol. The molecule has 1 aromatic carbocycles. The van der Waals surface area contributed by atoms with Crippen LogP contribution in [-0.4, -0.2) is 49.7 Å². The van der Waals surface area contributed by atoms with Gasteiger partial charge in [-0.3, -0.25) is 14.4 Å². The lowest BCUT2D eigenvalue weighted by molar-refractivity contribution is -0.143. The molecule has 0 spiro atoms. The predicted molar refractivity (Wildman–Crippen MR) is 132 cm³/mol. The van der Waals surface area contributed by atoms with E-state index >= 15 is 0 Å². The van der Waals surface area contributed by atoms with Gasteiger partial charge in [0.15, 0.2) is 0 Å². The van der Waals surface area contributed by atoms with Gasteiger partial charge < -0.3 is 14.4 Å². The fraction of sp³-hybridized carbons (Fsp3) is 0.538. The Balaban J connectivity index is 1.56. The molecule has 5 rings (SSSR count). The Labute approximate surface area is 204 Å². The molecule has 3 aromatic rings. The van der Waals surface area contributed by atoms with Crippen molar-refractivity contribution in [1.29, 1.82) is 0 Å². The van der Waals surface area contributed by atoms with Crippen LogP contribution in [0.5, 0.6) is 0 Å². The number of hydrogen-bond acceptors (Lipinski definition) is 5. The monoisotopic (exact) mass is 479 g/mol. The van der Waals surface area contributed by atoms with Crippen molar-refractivity contribution in [2.45, 2.75) is 70.4 Å². The number of rotatable bonds is 5. The first-order chi connectivity index (χ1) is 16.9. The van der Waals surface area contributed by atoms with E-state index in [9.17, 15) is 14.7 Å². The van der Waals surface area contributed by atoms with E-state index in [0.717, 1.165) is 72.3 Å². The van der Waals surface area contributed by atoms with Crippen molar-refractivity contribution in [2.24, 2.45) is 13.0 Å². The van der Waals surface area contributed by atoms with Crippen molar-refractivity contribution in [3.05, 3.63) is 41.5 Å². The number of anilines is 1. The molecule has 2 aromatic heterocycles. The Bertz CT molecular complexity index is 1250. The minimum atomic E-state index is -0.694. The molecule has 186 valence electrons. The summed E-state index contributed by atoms with van der Waals surface area (Å²) in [5.41, 5.74) is 4.99. The van der Waals surface area contributed by atoms with E-state index in [1.807, 2.05) is 37.0 Å². The number of imidazole rings is 1. The quantitative estimate of drug-likeness (QED) is 0.586. The Hall–Kier alpha value is -3.36. The Morgan fingerprint density at radius 3 is 2.54 bits per heavy atom. The molecule has 9 heteroatoms. The minimum absolute atomic E-state index is 0.0596. The van der Waals surface area contributed by atoms with Crippen molar-refractivity contribution in [2.75, 3.05) is 12.0 Å². The average Bonchev–Trinajstić information content (AvgIpc) is 3.45. The number of carbonyl (C=O) groups excluding carboxylic acids is 1. The highest BCUT2D eigenvalue weighted by Crippen LogP contribution is 2.40. The number of hydrogen-bond donors (Lipinski definition) is 1. The van der Waals surface area contributed by atoms with E-state index in [4.69, 9.17) is 9.72 Å². The number of ether oxygens (including phenoxy) is 1. The van der Waals surface area contributed by atoms with Crippen molar-refractivity contribution >= 4 is 28.8 Å². The summed E-state index contributed by atoms with van der Waals surface area (Å²) < 4.78 is 9.23. The summed E-state index contributed by atoms with van der Waals surface area (Å²) in [6.45, 7) is 2.04. The van der Waals surface area contributed by atoms with Crippen LogP contribution in [0.15, 0.2) is 24.4 Å². The molecule has 1 aliphatic carbocycles. The minimum Gasteiger partial charge on any atom is -0.481 e. The third-order valence-electron chi connectivity index (χ3n) is 7.68. The molecule has 0 saturated heterocycles. The van der Waals surface area contributed by atoms with Gasteiger partial charge >= 0.3 is 12.1 Å². The number of nitrogens with zero attached hydrogens (tertiary/aromatic N) is 5. The van der Waals surface area contributed by atoms with E-state index in [2.05, 4.69) is 15.7 Å². The summed E-state index contributed by atoms with van der Waals surface area (Å²) in [5, 5.41) is 14.0. The first kappa shape index (κ1) is 23.4. The summed E-state index contributed by atoms with van der Waals surface area (Å²) >= 11 is 0. The van der Waals surface area contributed by atoms with Gasteiger partial charge in [-0.25, -0.2) is 9.78 Å². The molecule has 1 atom stereocenters. The molecule has 0 radical (unpaired) electrons. The van der Waals surface area contributed by atoms with E-state index in [0.29, 0.717) is 12.8 Å². The largest absolute Gasteiger partial charge is 0.481 e. The SMILES string of the molecule is COC(=O)N1c2ccc3c(nc(CCc4ccn(C)n4)n3[C@H]3CC[C@H](C(=O)O)CC3)c2CC[C@@H]1C. The zero-order valence-electron chi connectivity index (χ0n) is 20.6. The standard InChI is InChI=1S/C26H33N5O4/c1-16-4-10-20-21(30(16)26(34)35-3)11-12-22-24(20)27-23(13-7-18-14-15-29(2)28-18)31(22)19-8-5-17(6-9-19)25(32)33/h11-12,14-17,19H,4-10,13H2,1-3H3,(H,32,33)/t16-,17-,19-/m0/s1. The highest BCUT2D eigenvalue weighted by Gasteiger charge is 2.33. The second-order valence-electron chi connectivity index (χ2n) is 9.88. The summed E-state index contributed by atoms with van der Waals surface area (Å²) in [4.78, 5) is 31.0. The molecule has 9 nitrogen and oxygen atoms in total. The zero-order chi connectivity index (χ0) is 24.7. The lowest BCUT2D eigenvalue weighted by Gasteiger charge is -2.34. The summed E-state index contributed by atoms with van der Waals surface area (Å²) in [6.07, 6.45) is 7.83. The van der Waals surface area contributed by atoms with Crippen LogP contribution in [0.2, 0.25) is 0 Å². The molecule has 0 unspecified atom stereocenters. The number of methoxy groups -OCH3 is 1. The second-order valence-corrected chi connectivity index (χ2v) is 9.88. The first-order valence-electron chi connectivity index (χ1n) is 12.5. The molecule has 3 heterocycles. The molecular formula is C26H33N5O4. The Kier molecular flexibility index (Phi) is 6.25. The van der Waals surface area contributed by atoms with Crippen LogP contribution in [-0.2, 0) is 35.8 Å². The van der Waals surface area contributed by atoms with Crippen molar-refractivity contribution in [3.8, 4) is 0 Å². The molecule has 0 bridgehead atoms. The zero-order valence-corrected chi connectivity index (χ0v) is 20.6. The average molecular weight is 480 g/mol. The van der Waals surface area contributed by atoms with Gasteiger partial charge in [0.2, 0.25) is 0 Å². The smallest absolute Gasteiger partial charge is 0.414 e. The molecule has 1 aliphatic heterocycles. The van der Waals surface area contributed by atoms with Crippen LogP contribution in [0.4, 0.5) is 10.5 Å². The summed E-state index contributed by atoms with van der Waals surface area (Å²) in [7, 11) is 3.33. The number of carboxylic acids is 1. The maximum absolute atomic E-state index is 12.6. The van der Waals surface area contributed by atoms with Crippen LogP contribution in [0, 0.1) is 5.92 Å². The lowest BCUT2D eigenvalue weighted by atomic mass is 9.85. The molecule has 1 fully saturated rings. The van der Waals surface area contributed by atoms with E-state index in [-0.39, 0.29) is 24.1 Å². The van der Waals surface area contributed by atoms with E-state index in [1.54, 1.807) is 4.90 Å². The van der Waals surface area contributed by atoms with Gasteiger partial charge in [0.05, 0.1) is 35.4 Å². The van der Waals surface area contributed by atoms with Crippen molar-refractivity contribution in [1.82, 2.24) is 19.3 Å². The predicted octanol–water partition coefficient (Wildman–Crippen LogP) is 4.28. The first-order valence-corrected chi connectivity index (χ1v) is 12.5. The highest BCUT2D eigenvalue weighted by atomic mass is 16.5.